The monoisotopic (exact) mass is 268 g/mol. The molecule has 0 aliphatic rings. The third-order valence-electron chi connectivity index (χ3n) is 2.77. The minimum Gasteiger partial charge on any atom is -0.357 e. The molecule has 1 atom stereocenters. The fraction of sp³-hybridized carbons (Fsp3) is 0.692. The van der Waals surface area contributed by atoms with Crippen molar-refractivity contribution < 1.29 is 0 Å². The van der Waals surface area contributed by atoms with Crippen molar-refractivity contribution in [1.82, 2.24) is 15.6 Å². The smallest absolute Gasteiger partial charge is 0.191 e. The van der Waals surface area contributed by atoms with Crippen molar-refractivity contribution in [2.24, 2.45) is 10.9 Å². The van der Waals surface area contributed by atoms with E-state index in [0.717, 1.165) is 17.5 Å². The van der Waals surface area contributed by atoms with Crippen molar-refractivity contribution in [2.45, 2.75) is 47.2 Å². The van der Waals surface area contributed by atoms with Gasteiger partial charge in [-0.1, -0.05) is 13.8 Å². The van der Waals surface area contributed by atoms with Crippen molar-refractivity contribution in [3.63, 3.8) is 0 Å². The number of aliphatic imine (C=N–C) groups is 1. The van der Waals surface area contributed by atoms with Crippen molar-refractivity contribution in [3.05, 3.63) is 16.1 Å². The van der Waals surface area contributed by atoms with Crippen LogP contribution in [0.3, 0.4) is 0 Å². The summed E-state index contributed by atoms with van der Waals surface area (Å²) in [6, 6.07) is 0.408. The first kappa shape index (κ1) is 15.0. The molecule has 1 unspecified atom stereocenters. The maximum absolute atomic E-state index is 4.58. The average molecular weight is 268 g/mol. The number of nitrogens with zero attached hydrogens (tertiary/aromatic N) is 2. The SMILES string of the molecule is CCNC(=NCc1cnc(C)s1)NC(C)C(C)C. The summed E-state index contributed by atoms with van der Waals surface area (Å²) < 4.78 is 0. The van der Waals surface area contributed by atoms with Crippen LogP contribution in [0.4, 0.5) is 0 Å². The first-order chi connectivity index (χ1) is 8.52. The molecule has 1 heterocycles. The van der Waals surface area contributed by atoms with Gasteiger partial charge in [-0.05, 0) is 26.7 Å². The van der Waals surface area contributed by atoms with Crippen LogP contribution in [0, 0.1) is 12.8 Å². The summed E-state index contributed by atoms with van der Waals surface area (Å²) in [4.78, 5) is 10.0. The van der Waals surface area contributed by atoms with E-state index in [9.17, 15) is 0 Å². The van der Waals surface area contributed by atoms with Gasteiger partial charge in [0.2, 0.25) is 0 Å². The molecular formula is C13H24N4S. The summed E-state index contributed by atoms with van der Waals surface area (Å²) in [6.07, 6.45) is 1.90. The molecule has 18 heavy (non-hydrogen) atoms. The highest BCUT2D eigenvalue weighted by Gasteiger charge is 2.08. The van der Waals surface area contributed by atoms with Crippen LogP contribution in [-0.4, -0.2) is 23.5 Å². The van der Waals surface area contributed by atoms with Crippen LogP contribution in [0.1, 0.15) is 37.6 Å². The highest BCUT2D eigenvalue weighted by Crippen LogP contribution is 2.12. The van der Waals surface area contributed by atoms with Gasteiger partial charge in [0.05, 0.1) is 11.6 Å². The third kappa shape index (κ3) is 5.04. The average Bonchev–Trinajstić information content (AvgIpc) is 2.72. The molecule has 0 radical (unpaired) electrons. The maximum Gasteiger partial charge on any atom is 0.191 e. The van der Waals surface area contributed by atoms with Crippen molar-refractivity contribution in [2.75, 3.05) is 6.54 Å². The van der Waals surface area contributed by atoms with Crippen molar-refractivity contribution in [3.8, 4) is 0 Å². The standard InChI is InChI=1S/C13H24N4S/c1-6-14-13(17-10(4)9(2)3)16-8-12-7-15-11(5)18-12/h7,9-10H,6,8H2,1-5H3,(H2,14,16,17). The molecule has 0 bridgehead atoms. The molecule has 4 nitrogen and oxygen atoms in total. The molecule has 102 valence electrons. The second kappa shape index (κ2) is 7.36. The van der Waals surface area contributed by atoms with E-state index in [1.807, 2.05) is 13.1 Å². The van der Waals surface area contributed by atoms with E-state index >= 15 is 0 Å². The number of aromatic nitrogens is 1. The molecule has 0 saturated carbocycles. The summed E-state index contributed by atoms with van der Waals surface area (Å²) in [5.74, 6) is 1.46. The van der Waals surface area contributed by atoms with Crippen LogP contribution >= 0.6 is 11.3 Å². The third-order valence-corrected chi connectivity index (χ3v) is 3.67. The largest absolute Gasteiger partial charge is 0.357 e. The van der Waals surface area contributed by atoms with E-state index in [1.165, 1.54) is 4.88 Å². The van der Waals surface area contributed by atoms with Gasteiger partial charge in [-0.25, -0.2) is 9.98 Å². The lowest BCUT2D eigenvalue weighted by atomic mass is 10.1. The molecule has 2 N–H and O–H groups in total. The Hall–Kier alpha value is -1.10. The Labute approximate surface area is 114 Å². The van der Waals surface area contributed by atoms with Gasteiger partial charge in [0.15, 0.2) is 5.96 Å². The Balaban J connectivity index is 2.60. The minimum absolute atomic E-state index is 0.408. The van der Waals surface area contributed by atoms with Gasteiger partial charge in [-0.3, -0.25) is 0 Å². The van der Waals surface area contributed by atoms with Crippen LogP contribution in [0.5, 0.6) is 0 Å². The first-order valence-electron chi connectivity index (χ1n) is 6.49. The number of thiazole rings is 1. The highest BCUT2D eigenvalue weighted by molar-refractivity contribution is 7.11. The first-order valence-corrected chi connectivity index (χ1v) is 7.30. The van der Waals surface area contributed by atoms with Crippen LogP contribution < -0.4 is 10.6 Å². The molecule has 0 aliphatic heterocycles. The summed E-state index contributed by atoms with van der Waals surface area (Å²) in [5, 5.41) is 7.78. The second-order valence-electron chi connectivity index (χ2n) is 4.72. The van der Waals surface area contributed by atoms with Crippen molar-refractivity contribution in [1.29, 1.82) is 0 Å². The fourth-order valence-corrected chi connectivity index (χ4v) is 2.06. The van der Waals surface area contributed by atoms with Crippen LogP contribution in [-0.2, 0) is 6.54 Å². The van der Waals surface area contributed by atoms with E-state index in [4.69, 9.17) is 0 Å². The van der Waals surface area contributed by atoms with E-state index < -0.39 is 0 Å². The molecule has 1 rings (SSSR count). The lowest BCUT2D eigenvalue weighted by molar-refractivity contribution is 0.481. The van der Waals surface area contributed by atoms with Gasteiger partial charge in [-0.15, -0.1) is 11.3 Å². The molecule has 5 heteroatoms. The molecule has 0 fully saturated rings. The summed E-state index contributed by atoms with van der Waals surface area (Å²) >= 11 is 1.70. The van der Waals surface area contributed by atoms with E-state index in [0.29, 0.717) is 18.5 Å². The summed E-state index contributed by atoms with van der Waals surface area (Å²) in [5.41, 5.74) is 0. The van der Waals surface area contributed by atoms with Crippen molar-refractivity contribution >= 4 is 17.3 Å². The molecule has 0 saturated heterocycles. The molecule has 0 aliphatic carbocycles. The quantitative estimate of drug-likeness (QED) is 0.637. The Bertz CT molecular complexity index is 384. The Morgan fingerprint density at radius 2 is 2.17 bits per heavy atom. The summed E-state index contributed by atoms with van der Waals surface area (Å²) in [7, 11) is 0. The van der Waals surface area contributed by atoms with Crippen LogP contribution in [0.15, 0.2) is 11.2 Å². The minimum atomic E-state index is 0.408. The number of aryl methyl sites for hydroxylation is 1. The molecule has 0 spiro atoms. The maximum atomic E-state index is 4.58. The Morgan fingerprint density at radius 1 is 1.44 bits per heavy atom. The molecule has 1 aromatic heterocycles. The Morgan fingerprint density at radius 3 is 2.67 bits per heavy atom. The summed E-state index contributed by atoms with van der Waals surface area (Å²) in [6.45, 7) is 12.2. The number of guanidine groups is 1. The zero-order valence-corrected chi connectivity index (χ0v) is 12.8. The molecule has 1 aromatic rings. The molecule has 0 aromatic carbocycles. The zero-order valence-electron chi connectivity index (χ0n) is 11.9. The van der Waals surface area contributed by atoms with Crippen LogP contribution in [0.2, 0.25) is 0 Å². The predicted octanol–water partition coefficient (Wildman–Crippen LogP) is 2.55. The lowest BCUT2D eigenvalue weighted by Crippen LogP contribution is -2.44. The highest BCUT2D eigenvalue weighted by atomic mass is 32.1. The predicted molar refractivity (Wildman–Crippen MR) is 79.1 cm³/mol. The number of nitrogens with one attached hydrogen (secondary N) is 2. The zero-order chi connectivity index (χ0) is 13.5. The van der Waals surface area contributed by atoms with E-state index in [2.05, 4.69) is 48.3 Å². The van der Waals surface area contributed by atoms with E-state index in [-0.39, 0.29) is 0 Å². The number of hydrogen-bond acceptors (Lipinski definition) is 3. The van der Waals surface area contributed by atoms with Gasteiger partial charge in [0.25, 0.3) is 0 Å². The van der Waals surface area contributed by atoms with Gasteiger partial charge >= 0.3 is 0 Å². The van der Waals surface area contributed by atoms with Gasteiger partial charge in [-0.2, -0.15) is 0 Å². The Kier molecular flexibility index (Phi) is 6.12. The van der Waals surface area contributed by atoms with E-state index in [1.54, 1.807) is 11.3 Å². The lowest BCUT2D eigenvalue weighted by Gasteiger charge is -2.20. The molecule has 0 amide bonds. The van der Waals surface area contributed by atoms with Gasteiger partial charge in [0, 0.05) is 23.7 Å². The number of hydrogen-bond donors (Lipinski definition) is 2. The molecular weight excluding hydrogens is 244 g/mol. The second-order valence-corrected chi connectivity index (χ2v) is 6.04. The topological polar surface area (TPSA) is 49.3 Å². The normalized spacial score (nSPS) is 13.8. The fourth-order valence-electron chi connectivity index (χ4n) is 1.34. The number of rotatable bonds is 5. The van der Waals surface area contributed by atoms with Gasteiger partial charge in [0.1, 0.15) is 0 Å². The van der Waals surface area contributed by atoms with Crippen LogP contribution in [0.25, 0.3) is 0 Å². The van der Waals surface area contributed by atoms with Gasteiger partial charge < -0.3 is 10.6 Å².